The van der Waals surface area contributed by atoms with Crippen molar-refractivity contribution in [3.05, 3.63) is 0 Å². The van der Waals surface area contributed by atoms with Crippen LogP contribution in [0.5, 0.6) is 0 Å². The van der Waals surface area contributed by atoms with Crippen LogP contribution in [0.4, 0.5) is 13.2 Å². The fourth-order valence-corrected chi connectivity index (χ4v) is 2.26. The molecule has 0 aliphatic carbocycles. The van der Waals surface area contributed by atoms with Gasteiger partial charge in [0.25, 0.3) is 0 Å². The molecular weight excluding hydrogens is 285 g/mol. The zero-order chi connectivity index (χ0) is 15.7. The third kappa shape index (κ3) is 8.11. The van der Waals surface area contributed by atoms with Gasteiger partial charge in [-0.2, -0.15) is 13.2 Å². The fourth-order valence-electron chi connectivity index (χ4n) is 2.26. The lowest BCUT2D eigenvalue weighted by Crippen LogP contribution is -2.45. The van der Waals surface area contributed by atoms with Crippen LogP contribution in [0.3, 0.4) is 0 Å². The van der Waals surface area contributed by atoms with Gasteiger partial charge in [0.05, 0.1) is 6.54 Å². The molecule has 5 nitrogen and oxygen atoms in total. The topological polar surface area (TPSA) is 48.9 Å². The maximum atomic E-state index is 12.3. The van der Waals surface area contributed by atoms with Crippen molar-refractivity contribution < 1.29 is 17.9 Å². The molecule has 0 aromatic heterocycles. The summed E-state index contributed by atoms with van der Waals surface area (Å²) in [6.07, 6.45) is -2.62. The highest BCUT2D eigenvalue weighted by molar-refractivity contribution is 5.80. The summed E-state index contributed by atoms with van der Waals surface area (Å²) in [4.78, 5) is 5.81. The monoisotopic (exact) mass is 310 g/mol. The Morgan fingerprint density at radius 2 is 2.19 bits per heavy atom. The molecule has 0 aromatic carbocycles. The Hall–Kier alpha value is -1.02. The zero-order valence-electron chi connectivity index (χ0n) is 12.7. The molecule has 1 heterocycles. The molecule has 1 rings (SSSR count). The summed E-state index contributed by atoms with van der Waals surface area (Å²) in [5.74, 6) is 0.660. The van der Waals surface area contributed by atoms with Crippen molar-refractivity contribution in [1.82, 2.24) is 15.5 Å². The highest BCUT2D eigenvalue weighted by Crippen LogP contribution is 2.19. The molecule has 1 aliphatic heterocycles. The molecule has 1 atom stereocenters. The maximum Gasteiger partial charge on any atom is 0.401 e. The van der Waals surface area contributed by atoms with E-state index in [0.717, 1.165) is 13.0 Å². The molecule has 0 spiro atoms. The number of guanidine groups is 1. The van der Waals surface area contributed by atoms with Crippen LogP contribution in [0.2, 0.25) is 0 Å². The number of likely N-dealkylation sites (tertiary alicyclic amines) is 1. The van der Waals surface area contributed by atoms with Crippen LogP contribution in [0.25, 0.3) is 0 Å². The molecule has 1 aliphatic rings. The molecule has 0 radical (unpaired) electrons. The second kappa shape index (κ2) is 9.09. The number of nitrogens with zero attached hydrogens (tertiary/aromatic N) is 2. The number of halogens is 3. The van der Waals surface area contributed by atoms with Gasteiger partial charge in [-0.3, -0.25) is 9.89 Å². The Kier molecular flexibility index (Phi) is 7.81. The van der Waals surface area contributed by atoms with Gasteiger partial charge < -0.3 is 15.4 Å². The molecule has 0 bridgehead atoms. The van der Waals surface area contributed by atoms with E-state index in [2.05, 4.69) is 15.6 Å². The van der Waals surface area contributed by atoms with Crippen LogP contribution in [-0.2, 0) is 4.74 Å². The summed E-state index contributed by atoms with van der Waals surface area (Å²) < 4.78 is 42.0. The van der Waals surface area contributed by atoms with Crippen molar-refractivity contribution in [1.29, 1.82) is 0 Å². The smallest absolute Gasteiger partial charge is 0.385 e. The van der Waals surface area contributed by atoms with Gasteiger partial charge in [-0.1, -0.05) is 0 Å². The normalized spacial score (nSPS) is 20.8. The number of aliphatic imine (C=N–C) groups is 1. The summed E-state index contributed by atoms with van der Waals surface area (Å²) >= 11 is 0. The highest BCUT2D eigenvalue weighted by atomic mass is 19.4. The number of methoxy groups -OCH3 is 1. The van der Waals surface area contributed by atoms with Gasteiger partial charge in [0.1, 0.15) is 0 Å². The first-order valence-electron chi connectivity index (χ1n) is 7.27. The van der Waals surface area contributed by atoms with E-state index >= 15 is 0 Å². The van der Waals surface area contributed by atoms with Crippen LogP contribution in [0.15, 0.2) is 4.99 Å². The van der Waals surface area contributed by atoms with Crippen molar-refractivity contribution >= 4 is 5.96 Å². The molecule has 21 heavy (non-hydrogen) atoms. The summed E-state index contributed by atoms with van der Waals surface area (Å²) in [6.45, 7) is 3.95. The number of rotatable bonds is 7. The third-order valence-electron chi connectivity index (χ3n) is 3.14. The molecular formula is C13H25F3N4O. The molecule has 0 aromatic rings. The second-order valence-corrected chi connectivity index (χ2v) is 5.09. The van der Waals surface area contributed by atoms with Gasteiger partial charge in [0, 0.05) is 45.9 Å². The predicted molar refractivity (Wildman–Crippen MR) is 76.5 cm³/mol. The maximum absolute atomic E-state index is 12.3. The van der Waals surface area contributed by atoms with Crippen molar-refractivity contribution in [2.75, 3.05) is 46.4 Å². The minimum atomic E-state index is -4.13. The lowest BCUT2D eigenvalue weighted by Gasteiger charge is -2.19. The molecule has 1 fully saturated rings. The minimum absolute atomic E-state index is 0.00701. The zero-order valence-corrected chi connectivity index (χ0v) is 12.7. The lowest BCUT2D eigenvalue weighted by molar-refractivity contribution is -0.143. The first-order chi connectivity index (χ1) is 9.94. The number of ether oxygens (including phenoxy) is 1. The summed E-state index contributed by atoms with van der Waals surface area (Å²) in [5.41, 5.74) is 0. The van der Waals surface area contributed by atoms with Crippen molar-refractivity contribution in [2.24, 2.45) is 4.99 Å². The van der Waals surface area contributed by atoms with Gasteiger partial charge in [0.2, 0.25) is 0 Å². The van der Waals surface area contributed by atoms with E-state index in [9.17, 15) is 13.2 Å². The van der Waals surface area contributed by atoms with Gasteiger partial charge in [-0.25, -0.2) is 0 Å². The fraction of sp³-hybridized carbons (Fsp3) is 0.923. The van der Waals surface area contributed by atoms with Crippen LogP contribution >= 0.6 is 0 Å². The van der Waals surface area contributed by atoms with E-state index < -0.39 is 12.7 Å². The number of alkyl halides is 3. The first-order valence-corrected chi connectivity index (χ1v) is 7.27. The van der Waals surface area contributed by atoms with E-state index in [4.69, 9.17) is 4.74 Å². The van der Waals surface area contributed by atoms with Crippen LogP contribution in [0, 0.1) is 0 Å². The Bertz CT molecular complexity index is 323. The average molecular weight is 310 g/mol. The SMILES string of the molecule is CCNC(=NCCCOC)NC1CCN(CC(F)(F)F)C1. The Labute approximate surface area is 123 Å². The highest BCUT2D eigenvalue weighted by Gasteiger charge is 2.34. The van der Waals surface area contributed by atoms with Crippen LogP contribution < -0.4 is 10.6 Å². The Balaban J connectivity index is 2.38. The van der Waals surface area contributed by atoms with E-state index in [1.54, 1.807) is 7.11 Å². The Morgan fingerprint density at radius 1 is 1.43 bits per heavy atom. The van der Waals surface area contributed by atoms with Gasteiger partial charge in [-0.15, -0.1) is 0 Å². The molecule has 1 saturated heterocycles. The average Bonchev–Trinajstić information content (AvgIpc) is 2.79. The number of hydrogen-bond donors (Lipinski definition) is 2. The standard InChI is InChI=1S/C13H25F3N4O/c1-3-17-12(18-6-4-8-21-2)19-11-5-7-20(9-11)10-13(14,15)16/h11H,3-10H2,1-2H3,(H2,17,18,19). The van der Waals surface area contributed by atoms with Gasteiger partial charge in [0.15, 0.2) is 5.96 Å². The van der Waals surface area contributed by atoms with Crippen molar-refractivity contribution in [3.63, 3.8) is 0 Å². The molecule has 2 N–H and O–H groups in total. The molecule has 0 amide bonds. The first kappa shape index (κ1) is 18.0. The molecule has 8 heteroatoms. The van der Waals surface area contributed by atoms with E-state index in [-0.39, 0.29) is 6.04 Å². The van der Waals surface area contributed by atoms with Crippen LogP contribution in [-0.4, -0.2) is 69.5 Å². The summed E-state index contributed by atoms with van der Waals surface area (Å²) in [5, 5.41) is 6.31. The van der Waals surface area contributed by atoms with E-state index in [1.165, 1.54) is 4.90 Å². The minimum Gasteiger partial charge on any atom is -0.385 e. The van der Waals surface area contributed by atoms with Crippen molar-refractivity contribution in [2.45, 2.75) is 32.0 Å². The van der Waals surface area contributed by atoms with E-state index in [1.807, 2.05) is 6.92 Å². The van der Waals surface area contributed by atoms with E-state index in [0.29, 0.717) is 38.6 Å². The molecule has 124 valence electrons. The number of hydrogen-bond acceptors (Lipinski definition) is 3. The lowest BCUT2D eigenvalue weighted by atomic mass is 10.3. The quantitative estimate of drug-likeness (QED) is 0.422. The second-order valence-electron chi connectivity index (χ2n) is 5.09. The van der Waals surface area contributed by atoms with Gasteiger partial charge in [-0.05, 0) is 19.8 Å². The Morgan fingerprint density at radius 3 is 2.81 bits per heavy atom. The van der Waals surface area contributed by atoms with Gasteiger partial charge >= 0.3 is 6.18 Å². The van der Waals surface area contributed by atoms with Crippen LogP contribution in [0.1, 0.15) is 19.8 Å². The predicted octanol–water partition coefficient (Wildman–Crippen LogP) is 1.21. The third-order valence-corrected chi connectivity index (χ3v) is 3.14. The molecule has 0 saturated carbocycles. The van der Waals surface area contributed by atoms with Crippen molar-refractivity contribution in [3.8, 4) is 0 Å². The number of nitrogens with one attached hydrogen (secondary N) is 2. The summed E-state index contributed by atoms with van der Waals surface area (Å²) in [6, 6.07) is 0.00701. The summed E-state index contributed by atoms with van der Waals surface area (Å²) in [7, 11) is 1.64. The largest absolute Gasteiger partial charge is 0.401 e. The molecule has 1 unspecified atom stereocenters.